The number of fused-ring (bicyclic) bond motifs is 1. The highest BCUT2D eigenvalue weighted by molar-refractivity contribution is 5.79. The van der Waals surface area contributed by atoms with E-state index in [1.807, 2.05) is 6.92 Å². The van der Waals surface area contributed by atoms with E-state index in [4.69, 9.17) is 0 Å². The van der Waals surface area contributed by atoms with Gasteiger partial charge in [-0.05, 0) is 26.3 Å². The number of carbonyl (C=O) groups excluding carboxylic acids is 1. The lowest BCUT2D eigenvalue weighted by Gasteiger charge is -2.42. The zero-order valence-corrected chi connectivity index (χ0v) is 8.83. The van der Waals surface area contributed by atoms with Crippen molar-refractivity contribution >= 4 is 5.91 Å². The minimum Gasteiger partial charge on any atom is -0.332 e. The molecule has 1 amide bonds. The Morgan fingerprint density at radius 2 is 2.13 bits per heavy atom. The molecule has 0 aromatic heterocycles. The van der Waals surface area contributed by atoms with Crippen molar-refractivity contribution in [1.82, 2.24) is 9.80 Å². The molecule has 0 N–H and O–H groups in total. The fourth-order valence-corrected chi connectivity index (χ4v) is 2.62. The van der Waals surface area contributed by atoms with Crippen molar-refractivity contribution in [2.24, 2.45) is 0 Å². The molecule has 2 aliphatic rings. The van der Waals surface area contributed by atoms with Crippen LogP contribution in [0.2, 0.25) is 0 Å². The van der Waals surface area contributed by atoms with E-state index in [0.29, 0.717) is 12.6 Å². The number of rotatable bonds is 1. The molecule has 0 spiro atoms. The summed E-state index contributed by atoms with van der Waals surface area (Å²) in [6.07, 6.45) is -0.714. The predicted octanol–water partition coefficient (Wildman–Crippen LogP) is 0.947. The van der Waals surface area contributed by atoms with Crippen molar-refractivity contribution in [1.29, 1.82) is 0 Å². The summed E-state index contributed by atoms with van der Waals surface area (Å²) in [5.74, 6) is -1.01. The summed E-state index contributed by atoms with van der Waals surface area (Å²) in [6, 6.07) is 0.227. The second-order valence-electron chi connectivity index (χ2n) is 4.43. The normalized spacial score (nSPS) is 32.1. The van der Waals surface area contributed by atoms with Crippen LogP contribution in [0, 0.1) is 0 Å². The Bertz CT molecular complexity index is 260. The molecule has 5 heteroatoms. The van der Waals surface area contributed by atoms with E-state index in [0.717, 1.165) is 25.9 Å². The van der Waals surface area contributed by atoms with Gasteiger partial charge in [0.05, 0.1) is 0 Å². The average molecular weight is 218 g/mol. The van der Waals surface area contributed by atoms with E-state index in [1.54, 1.807) is 0 Å². The van der Waals surface area contributed by atoms with Crippen LogP contribution in [-0.4, -0.2) is 53.9 Å². The van der Waals surface area contributed by atoms with Crippen LogP contribution >= 0.6 is 0 Å². The second kappa shape index (κ2) is 4.04. The van der Waals surface area contributed by atoms with Crippen LogP contribution in [0.1, 0.15) is 19.8 Å². The van der Waals surface area contributed by atoms with Crippen LogP contribution in [0.15, 0.2) is 0 Å². The van der Waals surface area contributed by atoms with Gasteiger partial charge in [-0.2, -0.15) is 8.78 Å². The van der Waals surface area contributed by atoms with E-state index in [1.165, 1.54) is 4.90 Å². The molecule has 2 rings (SSSR count). The first-order chi connectivity index (χ1) is 7.09. The number of nitrogens with zero attached hydrogens (tertiary/aromatic N) is 2. The lowest BCUT2D eigenvalue weighted by Crippen LogP contribution is -2.57. The van der Waals surface area contributed by atoms with Crippen molar-refractivity contribution in [3.8, 4) is 0 Å². The fourth-order valence-electron chi connectivity index (χ4n) is 2.62. The SMILES string of the molecule is CC1CN2CCCC2CN1C(=O)C(F)F. The molecule has 2 unspecified atom stereocenters. The van der Waals surface area contributed by atoms with Gasteiger partial charge in [-0.25, -0.2) is 0 Å². The summed E-state index contributed by atoms with van der Waals surface area (Å²) in [5, 5.41) is 0. The Morgan fingerprint density at radius 1 is 1.40 bits per heavy atom. The first-order valence-electron chi connectivity index (χ1n) is 5.42. The summed E-state index contributed by atoms with van der Waals surface area (Å²) in [6.45, 7) is 4.11. The van der Waals surface area contributed by atoms with Gasteiger partial charge in [-0.3, -0.25) is 9.69 Å². The largest absolute Gasteiger partial charge is 0.332 e. The molecule has 2 aliphatic heterocycles. The number of alkyl halides is 2. The Balaban J connectivity index is 2.04. The van der Waals surface area contributed by atoms with E-state index in [2.05, 4.69) is 4.90 Å². The van der Waals surface area contributed by atoms with Gasteiger partial charge in [0.25, 0.3) is 5.91 Å². The summed E-state index contributed by atoms with van der Waals surface area (Å²) < 4.78 is 24.7. The molecule has 86 valence electrons. The molecule has 3 nitrogen and oxygen atoms in total. The molecule has 2 atom stereocenters. The summed E-state index contributed by atoms with van der Waals surface area (Å²) in [5.41, 5.74) is 0. The highest BCUT2D eigenvalue weighted by Crippen LogP contribution is 2.25. The van der Waals surface area contributed by atoms with Crippen molar-refractivity contribution < 1.29 is 13.6 Å². The van der Waals surface area contributed by atoms with Gasteiger partial charge in [0.15, 0.2) is 0 Å². The van der Waals surface area contributed by atoms with Gasteiger partial charge < -0.3 is 4.90 Å². The number of carbonyl (C=O) groups is 1. The molecule has 0 bridgehead atoms. The second-order valence-corrected chi connectivity index (χ2v) is 4.43. The molecular formula is C10H16F2N2O. The van der Waals surface area contributed by atoms with Gasteiger partial charge in [0.2, 0.25) is 0 Å². The van der Waals surface area contributed by atoms with Gasteiger partial charge in [-0.15, -0.1) is 0 Å². The molecule has 2 fully saturated rings. The highest BCUT2D eigenvalue weighted by Gasteiger charge is 2.38. The summed E-state index contributed by atoms with van der Waals surface area (Å²) in [7, 11) is 0. The van der Waals surface area contributed by atoms with E-state index >= 15 is 0 Å². The van der Waals surface area contributed by atoms with Crippen molar-refractivity contribution in [3.05, 3.63) is 0 Å². The molecule has 2 heterocycles. The van der Waals surface area contributed by atoms with Crippen molar-refractivity contribution in [3.63, 3.8) is 0 Å². The van der Waals surface area contributed by atoms with E-state index in [9.17, 15) is 13.6 Å². The lowest BCUT2D eigenvalue weighted by molar-refractivity contribution is -0.148. The Morgan fingerprint density at radius 3 is 2.80 bits per heavy atom. The summed E-state index contributed by atoms with van der Waals surface area (Å²) in [4.78, 5) is 14.9. The molecule has 0 radical (unpaired) electrons. The Hall–Kier alpha value is -0.710. The maximum absolute atomic E-state index is 12.3. The molecular weight excluding hydrogens is 202 g/mol. The number of hydrogen-bond acceptors (Lipinski definition) is 2. The maximum atomic E-state index is 12.3. The fraction of sp³-hybridized carbons (Fsp3) is 0.900. The minimum absolute atomic E-state index is 0.0825. The molecule has 0 saturated carbocycles. The quantitative estimate of drug-likeness (QED) is 0.654. The molecule has 0 aromatic carbocycles. The number of hydrogen-bond donors (Lipinski definition) is 0. The van der Waals surface area contributed by atoms with Crippen LogP contribution in [0.5, 0.6) is 0 Å². The Labute approximate surface area is 88.0 Å². The number of amides is 1. The third-order valence-electron chi connectivity index (χ3n) is 3.41. The van der Waals surface area contributed by atoms with Gasteiger partial charge in [-0.1, -0.05) is 0 Å². The monoisotopic (exact) mass is 218 g/mol. The van der Waals surface area contributed by atoms with Gasteiger partial charge in [0, 0.05) is 25.2 Å². The molecule has 0 aromatic rings. The van der Waals surface area contributed by atoms with Crippen LogP contribution in [0.3, 0.4) is 0 Å². The molecule has 0 aliphatic carbocycles. The molecule has 2 saturated heterocycles. The first kappa shape index (κ1) is 10.8. The predicted molar refractivity (Wildman–Crippen MR) is 51.8 cm³/mol. The topological polar surface area (TPSA) is 23.6 Å². The average Bonchev–Trinajstić information content (AvgIpc) is 2.62. The van der Waals surface area contributed by atoms with Crippen LogP contribution < -0.4 is 0 Å². The van der Waals surface area contributed by atoms with Crippen molar-refractivity contribution in [2.75, 3.05) is 19.6 Å². The van der Waals surface area contributed by atoms with E-state index in [-0.39, 0.29) is 6.04 Å². The standard InChI is InChI=1S/C10H16F2N2O/c1-7-5-13-4-2-3-8(13)6-14(7)10(15)9(11)12/h7-9H,2-6H2,1H3. The van der Waals surface area contributed by atoms with Gasteiger partial charge >= 0.3 is 6.43 Å². The third kappa shape index (κ3) is 1.97. The third-order valence-corrected chi connectivity index (χ3v) is 3.41. The van der Waals surface area contributed by atoms with Crippen LogP contribution in [0.25, 0.3) is 0 Å². The number of piperazine rings is 1. The van der Waals surface area contributed by atoms with Crippen LogP contribution in [0.4, 0.5) is 8.78 Å². The van der Waals surface area contributed by atoms with Crippen LogP contribution in [-0.2, 0) is 4.79 Å². The zero-order chi connectivity index (χ0) is 11.0. The maximum Gasteiger partial charge on any atom is 0.315 e. The minimum atomic E-state index is -2.86. The van der Waals surface area contributed by atoms with Crippen molar-refractivity contribution in [2.45, 2.75) is 38.3 Å². The summed E-state index contributed by atoms with van der Waals surface area (Å²) >= 11 is 0. The number of halogens is 2. The first-order valence-corrected chi connectivity index (χ1v) is 5.42. The smallest absolute Gasteiger partial charge is 0.315 e. The zero-order valence-electron chi connectivity index (χ0n) is 8.83. The lowest BCUT2D eigenvalue weighted by atomic mass is 10.1. The van der Waals surface area contributed by atoms with Gasteiger partial charge in [0.1, 0.15) is 0 Å². The Kier molecular flexibility index (Phi) is 2.91. The highest BCUT2D eigenvalue weighted by atomic mass is 19.3. The molecule has 15 heavy (non-hydrogen) atoms. The van der Waals surface area contributed by atoms with E-state index < -0.39 is 12.3 Å².